The van der Waals surface area contributed by atoms with Crippen LogP contribution in [0.1, 0.15) is 40.1 Å². The molecule has 0 aromatic heterocycles. The number of benzene rings is 2. The van der Waals surface area contributed by atoms with Crippen molar-refractivity contribution in [2.75, 3.05) is 29.0 Å². The van der Waals surface area contributed by atoms with E-state index in [1.54, 1.807) is 31.2 Å². The molecule has 0 fully saturated rings. The Hall–Kier alpha value is -3.07. The maximum atomic E-state index is 12.3. The van der Waals surface area contributed by atoms with Crippen molar-refractivity contribution in [3.63, 3.8) is 0 Å². The number of nitrogens with one attached hydrogen (secondary N) is 3. The molecule has 0 spiro atoms. The van der Waals surface area contributed by atoms with Crippen molar-refractivity contribution in [3.05, 3.63) is 59.2 Å². The van der Waals surface area contributed by atoms with Gasteiger partial charge in [-0.05, 0) is 62.7 Å². The summed E-state index contributed by atoms with van der Waals surface area (Å²) in [6.07, 6.45) is 1.03. The quantitative estimate of drug-likeness (QED) is 0.598. The zero-order valence-corrected chi connectivity index (χ0v) is 17.8. The van der Waals surface area contributed by atoms with Gasteiger partial charge in [-0.15, -0.1) is 0 Å². The van der Waals surface area contributed by atoms with Gasteiger partial charge in [-0.3, -0.25) is 25.2 Å². The summed E-state index contributed by atoms with van der Waals surface area (Å²) >= 11 is 0. The second-order valence-corrected chi connectivity index (χ2v) is 8.28. The monoisotopic (exact) mass is 418 g/mol. The van der Waals surface area contributed by atoms with E-state index in [0.29, 0.717) is 16.8 Å². The minimum Gasteiger partial charge on any atom is -0.372 e. The first kappa shape index (κ1) is 22.2. The Morgan fingerprint density at radius 3 is 1.93 bits per heavy atom. The predicted octanol–water partition coefficient (Wildman–Crippen LogP) is 2.29. The number of hydrogen-bond donors (Lipinski definition) is 3. The van der Waals surface area contributed by atoms with E-state index in [1.807, 2.05) is 12.1 Å². The molecule has 29 heavy (non-hydrogen) atoms. The third-order valence-corrected chi connectivity index (χ3v) is 4.93. The third kappa shape index (κ3) is 6.21. The summed E-state index contributed by atoms with van der Waals surface area (Å²) in [7, 11) is -3.47. The van der Waals surface area contributed by atoms with Gasteiger partial charge in [0, 0.05) is 29.9 Å². The second kappa shape index (κ2) is 9.42. The van der Waals surface area contributed by atoms with Crippen LogP contribution in [0.3, 0.4) is 0 Å². The largest absolute Gasteiger partial charge is 0.372 e. The molecule has 0 radical (unpaired) electrons. The molecule has 0 saturated heterocycles. The highest BCUT2D eigenvalue weighted by molar-refractivity contribution is 7.92. The average Bonchev–Trinajstić information content (AvgIpc) is 2.68. The molecule has 2 aromatic rings. The molecular weight excluding hydrogens is 392 g/mol. The molecule has 0 unspecified atom stereocenters. The lowest BCUT2D eigenvalue weighted by molar-refractivity contribution is 0.0846. The first-order valence-electron chi connectivity index (χ1n) is 9.18. The first-order chi connectivity index (χ1) is 13.6. The number of nitrogens with zero attached hydrogens (tertiary/aromatic N) is 1. The molecule has 9 heteroatoms. The lowest BCUT2D eigenvalue weighted by Gasteiger charge is -2.21. The standard InChI is InChI=1S/C20H26N4O4S/c1-5-24(6-2)17-11-9-15(10-12-17)19(25)21-22-20(26)16-8-7-14(3)18(13-16)23-29(4,27)28/h7-13,23H,5-6H2,1-4H3,(H,21,25)(H,22,26). The molecule has 0 heterocycles. The highest BCUT2D eigenvalue weighted by atomic mass is 32.2. The van der Waals surface area contributed by atoms with Crippen LogP contribution in [0.4, 0.5) is 11.4 Å². The lowest BCUT2D eigenvalue weighted by Crippen LogP contribution is -2.41. The van der Waals surface area contributed by atoms with Crippen molar-refractivity contribution < 1.29 is 18.0 Å². The van der Waals surface area contributed by atoms with E-state index in [1.165, 1.54) is 6.07 Å². The number of hydrogen-bond acceptors (Lipinski definition) is 5. The van der Waals surface area contributed by atoms with E-state index in [2.05, 4.69) is 34.3 Å². The van der Waals surface area contributed by atoms with Crippen LogP contribution in [0.25, 0.3) is 0 Å². The SMILES string of the molecule is CCN(CC)c1ccc(C(=O)NNC(=O)c2ccc(C)c(NS(C)(=O)=O)c2)cc1. The molecule has 2 rings (SSSR count). The van der Waals surface area contributed by atoms with Crippen LogP contribution in [-0.2, 0) is 10.0 Å². The number of anilines is 2. The number of rotatable bonds is 7. The Morgan fingerprint density at radius 2 is 1.41 bits per heavy atom. The maximum Gasteiger partial charge on any atom is 0.269 e. The van der Waals surface area contributed by atoms with Gasteiger partial charge in [-0.1, -0.05) is 6.07 Å². The van der Waals surface area contributed by atoms with Crippen LogP contribution in [0.15, 0.2) is 42.5 Å². The molecular formula is C20H26N4O4S. The Morgan fingerprint density at radius 1 is 0.897 bits per heavy atom. The van der Waals surface area contributed by atoms with Crippen molar-refractivity contribution in [1.29, 1.82) is 0 Å². The molecule has 0 bridgehead atoms. The summed E-state index contributed by atoms with van der Waals surface area (Å²) < 4.78 is 25.2. The summed E-state index contributed by atoms with van der Waals surface area (Å²) in [4.78, 5) is 26.8. The molecule has 0 aliphatic rings. The predicted molar refractivity (Wildman–Crippen MR) is 115 cm³/mol. The van der Waals surface area contributed by atoms with Crippen molar-refractivity contribution in [2.45, 2.75) is 20.8 Å². The normalized spacial score (nSPS) is 10.9. The molecule has 0 atom stereocenters. The maximum absolute atomic E-state index is 12.3. The summed E-state index contributed by atoms with van der Waals surface area (Å²) in [5, 5.41) is 0. The Kier molecular flexibility index (Phi) is 7.22. The smallest absolute Gasteiger partial charge is 0.269 e. The van der Waals surface area contributed by atoms with E-state index >= 15 is 0 Å². The van der Waals surface area contributed by atoms with Gasteiger partial charge in [0.05, 0.1) is 11.9 Å². The number of amides is 2. The summed E-state index contributed by atoms with van der Waals surface area (Å²) in [5.74, 6) is -1.01. The molecule has 2 aromatic carbocycles. The van der Waals surface area contributed by atoms with E-state index in [0.717, 1.165) is 25.0 Å². The van der Waals surface area contributed by atoms with E-state index < -0.39 is 21.8 Å². The fourth-order valence-electron chi connectivity index (χ4n) is 2.74. The topological polar surface area (TPSA) is 108 Å². The molecule has 3 N–H and O–H groups in total. The van der Waals surface area contributed by atoms with Crippen LogP contribution < -0.4 is 20.5 Å². The second-order valence-electron chi connectivity index (χ2n) is 6.53. The van der Waals surface area contributed by atoms with Crippen LogP contribution in [0.5, 0.6) is 0 Å². The van der Waals surface area contributed by atoms with Gasteiger partial charge in [0.2, 0.25) is 10.0 Å². The van der Waals surface area contributed by atoms with Gasteiger partial charge >= 0.3 is 0 Å². The van der Waals surface area contributed by atoms with Crippen LogP contribution in [0.2, 0.25) is 0 Å². The van der Waals surface area contributed by atoms with Crippen LogP contribution in [-0.4, -0.2) is 39.6 Å². The number of sulfonamides is 1. The number of aryl methyl sites for hydroxylation is 1. The summed E-state index contributed by atoms with van der Waals surface area (Å²) in [5.41, 5.74) is 7.31. The van der Waals surface area contributed by atoms with Gasteiger partial charge in [0.15, 0.2) is 0 Å². The van der Waals surface area contributed by atoms with Gasteiger partial charge in [0.1, 0.15) is 0 Å². The molecule has 0 saturated carbocycles. The summed E-state index contributed by atoms with van der Waals surface area (Å²) in [6.45, 7) is 7.57. The molecule has 2 amide bonds. The first-order valence-corrected chi connectivity index (χ1v) is 11.1. The Balaban J connectivity index is 2.03. The summed E-state index contributed by atoms with van der Waals surface area (Å²) in [6, 6.07) is 11.7. The van der Waals surface area contributed by atoms with Crippen LogP contribution in [0, 0.1) is 6.92 Å². The zero-order chi connectivity index (χ0) is 21.6. The molecule has 8 nitrogen and oxygen atoms in total. The third-order valence-electron chi connectivity index (χ3n) is 4.34. The van der Waals surface area contributed by atoms with Crippen molar-refractivity contribution in [3.8, 4) is 0 Å². The van der Waals surface area contributed by atoms with Crippen molar-refractivity contribution >= 4 is 33.2 Å². The van der Waals surface area contributed by atoms with Crippen molar-refractivity contribution in [1.82, 2.24) is 10.9 Å². The number of carbonyl (C=O) groups is 2. The minimum atomic E-state index is -3.47. The highest BCUT2D eigenvalue weighted by Crippen LogP contribution is 2.18. The minimum absolute atomic E-state index is 0.207. The number of carbonyl (C=O) groups excluding carboxylic acids is 2. The number of hydrazine groups is 1. The van der Waals surface area contributed by atoms with E-state index in [4.69, 9.17) is 0 Å². The van der Waals surface area contributed by atoms with Gasteiger partial charge in [-0.25, -0.2) is 8.42 Å². The van der Waals surface area contributed by atoms with E-state index in [9.17, 15) is 18.0 Å². The average molecular weight is 419 g/mol. The molecule has 0 aliphatic heterocycles. The molecule has 0 aliphatic carbocycles. The highest BCUT2D eigenvalue weighted by Gasteiger charge is 2.13. The Labute approximate surface area is 171 Å². The van der Waals surface area contributed by atoms with Crippen molar-refractivity contribution in [2.24, 2.45) is 0 Å². The van der Waals surface area contributed by atoms with Crippen LogP contribution >= 0.6 is 0 Å². The Bertz CT molecular complexity index is 984. The van der Waals surface area contributed by atoms with Gasteiger partial charge in [-0.2, -0.15) is 0 Å². The van der Waals surface area contributed by atoms with Gasteiger partial charge < -0.3 is 4.90 Å². The zero-order valence-electron chi connectivity index (χ0n) is 16.9. The van der Waals surface area contributed by atoms with Gasteiger partial charge in [0.25, 0.3) is 11.8 Å². The fourth-order valence-corrected chi connectivity index (χ4v) is 3.36. The fraction of sp³-hybridized carbons (Fsp3) is 0.300. The molecule has 156 valence electrons. The van der Waals surface area contributed by atoms with E-state index in [-0.39, 0.29) is 5.56 Å². The lowest BCUT2D eigenvalue weighted by atomic mass is 10.1.